The lowest BCUT2D eigenvalue weighted by Gasteiger charge is -2.16. The number of rotatable bonds is 5. The van der Waals surface area contributed by atoms with E-state index in [0.29, 0.717) is 25.2 Å². The third-order valence-corrected chi connectivity index (χ3v) is 3.70. The number of hydrogen-bond acceptors (Lipinski definition) is 5. The second-order valence-electron chi connectivity index (χ2n) is 5.16. The number of nitrogens with zero attached hydrogens (tertiary/aromatic N) is 1. The maximum atomic E-state index is 11.1. The Kier molecular flexibility index (Phi) is 4.68. The van der Waals surface area contributed by atoms with E-state index in [-0.39, 0.29) is 17.9 Å². The molecule has 118 valence electrons. The lowest BCUT2D eigenvalue weighted by Crippen LogP contribution is -2.08. The summed E-state index contributed by atoms with van der Waals surface area (Å²) in [6, 6.07) is 8.56. The third-order valence-electron chi connectivity index (χ3n) is 3.70. The van der Waals surface area contributed by atoms with E-state index in [1.807, 2.05) is 18.2 Å². The molecule has 5 heteroatoms. The first-order chi connectivity index (χ1) is 11.3. The Hall–Kier alpha value is -2.66. The summed E-state index contributed by atoms with van der Waals surface area (Å²) in [5.74, 6) is 0.270. The number of benzene rings is 1. The van der Waals surface area contributed by atoms with Gasteiger partial charge >= 0.3 is 0 Å². The molecule has 0 radical (unpaired) electrons. The van der Waals surface area contributed by atoms with Crippen LogP contribution < -0.4 is 4.74 Å². The minimum atomic E-state index is -0.0870. The number of phenols is 1. The summed E-state index contributed by atoms with van der Waals surface area (Å²) in [7, 11) is 0. The molecule has 1 aliphatic rings. The van der Waals surface area contributed by atoms with Crippen molar-refractivity contribution in [1.82, 2.24) is 4.98 Å². The first-order valence-electron chi connectivity index (χ1n) is 7.40. The fourth-order valence-corrected chi connectivity index (χ4v) is 2.52. The highest BCUT2D eigenvalue weighted by molar-refractivity contribution is 5.83. The number of aromatic nitrogens is 1. The number of carbonyl (C=O) groups excluding carboxylic acids is 1. The van der Waals surface area contributed by atoms with Crippen molar-refractivity contribution in [2.45, 2.75) is 13.0 Å². The number of pyridine rings is 1. The summed E-state index contributed by atoms with van der Waals surface area (Å²) >= 11 is 0. The Morgan fingerprint density at radius 2 is 2.22 bits per heavy atom. The maximum Gasteiger partial charge on any atom is 0.157 e. The molecule has 3 rings (SSSR count). The third kappa shape index (κ3) is 3.40. The molecule has 0 unspecified atom stereocenters. The average molecular weight is 311 g/mol. The van der Waals surface area contributed by atoms with Crippen molar-refractivity contribution < 1.29 is 19.4 Å². The number of aldehydes is 1. The van der Waals surface area contributed by atoms with Gasteiger partial charge in [0.1, 0.15) is 18.1 Å². The molecular formula is C18H17NO4. The summed E-state index contributed by atoms with van der Waals surface area (Å²) in [4.78, 5) is 15.6. The van der Waals surface area contributed by atoms with E-state index in [2.05, 4.69) is 4.98 Å². The van der Waals surface area contributed by atoms with Crippen LogP contribution in [0.2, 0.25) is 0 Å². The van der Waals surface area contributed by atoms with Gasteiger partial charge in [-0.3, -0.25) is 9.78 Å². The summed E-state index contributed by atoms with van der Waals surface area (Å²) in [5.41, 5.74) is 3.12. The molecule has 0 aliphatic carbocycles. The molecular weight excluding hydrogens is 294 g/mol. The number of hydrogen-bond donors (Lipinski definition) is 1. The van der Waals surface area contributed by atoms with Crippen LogP contribution in [0.3, 0.4) is 0 Å². The van der Waals surface area contributed by atoms with Gasteiger partial charge in [0.25, 0.3) is 0 Å². The standard InChI is InChI=1S/C18H17NO4/c20-11-15-16(21)4-1-5-17(15)23-12-14-3-2-8-19-18(14)13-6-9-22-10-7-13/h1-6,8,11,21H,7,9-10,12H2. The fourth-order valence-electron chi connectivity index (χ4n) is 2.52. The first kappa shape index (κ1) is 15.2. The molecule has 2 aromatic rings. The van der Waals surface area contributed by atoms with Crippen molar-refractivity contribution >= 4 is 11.9 Å². The van der Waals surface area contributed by atoms with Gasteiger partial charge in [-0.15, -0.1) is 0 Å². The highest BCUT2D eigenvalue weighted by atomic mass is 16.5. The van der Waals surface area contributed by atoms with Gasteiger partial charge in [0.15, 0.2) is 6.29 Å². The molecule has 5 nitrogen and oxygen atoms in total. The zero-order chi connectivity index (χ0) is 16.1. The van der Waals surface area contributed by atoms with E-state index in [1.165, 1.54) is 6.07 Å². The molecule has 0 saturated carbocycles. The van der Waals surface area contributed by atoms with Crippen LogP contribution in [0.4, 0.5) is 0 Å². The summed E-state index contributed by atoms with van der Waals surface area (Å²) in [6.07, 6.45) is 5.19. The van der Waals surface area contributed by atoms with E-state index in [0.717, 1.165) is 23.3 Å². The molecule has 2 heterocycles. The zero-order valence-electron chi connectivity index (χ0n) is 12.6. The largest absolute Gasteiger partial charge is 0.507 e. The average Bonchev–Trinajstić information content (AvgIpc) is 2.61. The molecule has 0 bridgehead atoms. The van der Waals surface area contributed by atoms with Crippen LogP contribution >= 0.6 is 0 Å². The Labute approximate surface area is 134 Å². The Balaban J connectivity index is 1.83. The van der Waals surface area contributed by atoms with E-state index in [4.69, 9.17) is 9.47 Å². The molecule has 1 N–H and O–H groups in total. The van der Waals surface area contributed by atoms with Gasteiger partial charge in [0.05, 0.1) is 24.5 Å². The van der Waals surface area contributed by atoms with Crippen molar-refractivity contribution in [3.05, 3.63) is 59.4 Å². The van der Waals surface area contributed by atoms with Crippen LogP contribution in [0.25, 0.3) is 5.57 Å². The van der Waals surface area contributed by atoms with E-state index >= 15 is 0 Å². The highest BCUT2D eigenvalue weighted by Gasteiger charge is 2.14. The molecule has 0 atom stereocenters. The van der Waals surface area contributed by atoms with Crippen molar-refractivity contribution in [3.8, 4) is 11.5 Å². The molecule has 0 fully saturated rings. The number of phenolic OH excluding ortho intramolecular Hbond substituents is 1. The normalized spacial score (nSPS) is 14.2. The van der Waals surface area contributed by atoms with Gasteiger partial charge in [-0.2, -0.15) is 0 Å². The van der Waals surface area contributed by atoms with Crippen LogP contribution in [-0.4, -0.2) is 29.6 Å². The molecule has 1 aromatic heterocycles. The van der Waals surface area contributed by atoms with Crippen molar-refractivity contribution in [2.75, 3.05) is 13.2 Å². The second kappa shape index (κ2) is 7.07. The van der Waals surface area contributed by atoms with Crippen LogP contribution in [-0.2, 0) is 11.3 Å². The van der Waals surface area contributed by atoms with Gasteiger partial charge in [0.2, 0.25) is 0 Å². The topological polar surface area (TPSA) is 68.7 Å². The molecule has 1 aliphatic heterocycles. The smallest absolute Gasteiger partial charge is 0.157 e. The quantitative estimate of drug-likeness (QED) is 0.860. The summed E-state index contributed by atoms with van der Waals surface area (Å²) < 4.78 is 11.1. The molecule has 0 saturated heterocycles. The number of aromatic hydroxyl groups is 1. The fraction of sp³-hybridized carbons (Fsp3) is 0.222. The molecule has 0 amide bonds. The molecule has 23 heavy (non-hydrogen) atoms. The molecule has 1 aromatic carbocycles. The van der Waals surface area contributed by atoms with Gasteiger partial charge in [-0.05, 0) is 30.2 Å². The SMILES string of the molecule is O=Cc1c(O)cccc1OCc1cccnc1C1=CCOCC1. The van der Waals surface area contributed by atoms with Crippen molar-refractivity contribution in [1.29, 1.82) is 0 Å². The monoisotopic (exact) mass is 311 g/mol. The number of carbonyl (C=O) groups is 1. The van der Waals surface area contributed by atoms with Gasteiger partial charge in [0, 0.05) is 11.8 Å². The van der Waals surface area contributed by atoms with Crippen LogP contribution in [0, 0.1) is 0 Å². The lowest BCUT2D eigenvalue weighted by atomic mass is 10.0. The van der Waals surface area contributed by atoms with Gasteiger partial charge in [-0.25, -0.2) is 0 Å². The first-order valence-corrected chi connectivity index (χ1v) is 7.40. The van der Waals surface area contributed by atoms with E-state index in [9.17, 15) is 9.90 Å². The Morgan fingerprint density at radius 3 is 3.00 bits per heavy atom. The lowest BCUT2D eigenvalue weighted by molar-refractivity contribution is 0.111. The van der Waals surface area contributed by atoms with Crippen molar-refractivity contribution in [3.63, 3.8) is 0 Å². The summed E-state index contributed by atoms with van der Waals surface area (Å²) in [6.45, 7) is 1.55. The van der Waals surface area contributed by atoms with Crippen LogP contribution in [0.1, 0.15) is 28.0 Å². The van der Waals surface area contributed by atoms with Crippen molar-refractivity contribution in [2.24, 2.45) is 0 Å². The predicted octanol–water partition coefficient (Wildman–Crippen LogP) is 2.98. The predicted molar refractivity (Wildman–Crippen MR) is 85.5 cm³/mol. The van der Waals surface area contributed by atoms with Gasteiger partial charge < -0.3 is 14.6 Å². The van der Waals surface area contributed by atoms with Gasteiger partial charge in [-0.1, -0.05) is 18.2 Å². The number of ether oxygens (including phenoxy) is 2. The van der Waals surface area contributed by atoms with E-state index < -0.39 is 0 Å². The van der Waals surface area contributed by atoms with Crippen LogP contribution in [0.5, 0.6) is 11.5 Å². The minimum absolute atomic E-state index is 0.0870. The Morgan fingerprint density at radius 1 is 1.30 bits per heavy atom. The second-order valence-corrected chi connectivity index (χ2v) is 5.16. The maximum absolute atomic E-state index is 11.1. The van der Waals surface area contributed by atoms with Crippen LogP contribution in [0.15, 0.2) is 42.6 Å². The highest BCUT2D eigenvalue weighted by Crippen LogP contribution is 2.28. The molecule has 0 spiro atoms. The Bertz CT molecular complexity index is 740. The summed E-state index contributed by atoms with van der Waals surface area (Å²) in [5, 5.41) is 9.70. The van der Waals surface area contributed by atoms with E-state index in [1.54, 1.807) is 18.3 Å². The zero-order valence-corrected chi connectivity index (χ0v) is 12.6. The minimum Gasteiger partial charge on any atom is -0.507 e.